The summed E-state index contributed by atoms with van der Waals surface area (Å²) in [7, 11) is -3.35. The fourth-order valence-electron chi connectivity index (χ4n) is 3.01. The van der Waals surface area contributed by atoms with Crippen LogP contribution in [0.25, 0.3) is 10.9 Å². The third kappa shape index (κ3) is 4.47. The third-order valence-corrected chi connectivity index (χ3v) is 6.17. The lowest BCUT2D eigenvalue weighted by Gasteiger charge is -2.25. The van der Waals surface area contributed by atoms with Crippen molar-refractivity contribution in [2.45, 2.75) is 25.7 Å². The second-order valence-electron chi connectivity index (χ2n) is 7.15. The molecule has 0 aliphatic heterocycles. The topological polar surface area (TPSA) is 62.0 Å². The largest absolute Gasteiger partial charge is 0.361 e. The Balaban J connectivity index is 1.68. The first-order valence-electron chi connectivity index (χ1n) is 8.55. The molecule has 26 heavy (non-hydrogen) atoms. The first-order valence-corrected chi connectivity index (χ1v) is 10.6. The zero-order valence-electron chi connectivity index (χ0n) is 14.9. The molecule has 0 spiro atoms. The van der Waals surface area contributed by atoms with Crippen molar-refractivity contribution in [1.82, 2.24) is 9.71 Å². The van der Waals surface area contributed by atoms with Gasteiger partial charge in [-0.2, -0.15) is 0 Å². The van der Waals surface area contributed by atoms with Gasteiger partial charge in [-0.3, -0.25) is 0 Å². The molecule has 0 aliphatic carbocycles. The van der Waals surface area contributed by atoms with Crippen LogP contribution in [0.4, 0.5) is 0 Å². The van der Waals surface area contributed by atoms with Gasteiger partial charge in [0.05, 0.1) is 5.75 Å². The SMILES string of the molecule is CC(C)(CNS(=O)(=O)CCc1ccccc1)c1c[nH]c2cc(Cl)ccc12. The van der Waals surface area contributed by atoms with Crippen LogP contribution in [0.15, 0.2) is 54.7 Å². The van der Waals surface area contributed by atoms with E-state index < -0.39 is 10.0 Å². The highest BCUT2D eigenvalue weighted by Gasteiger charge is 2.26. The number of aryl methyl sites for hydroxylation is 1. The second kappa shape index (κ2) is 7.43. The number of hydrogen-bond donors (Lipinski definition) is 2. The van der Waals surface area contributed by atoms with Crippen LogP contribution in [-0.2, 0) is 21.9 Å². The summed E-state index contributed by atoms with van der Waals surface area (Å²) in [6.45, 7) is 4.40. The molecule has 6 heteroatoms. The van der Waals surface area contributed by atoms with E-state index >= 15 is 0 Å². The molecular weight excluding hydrogens is 368 g/mol. The molecule has 1 heterocycles. The molecule has 1 aromatic heterocycles. The van der Waals surface area contributed by atoms with E-state index in [0.29, 0.717) is 18.0 Å². The van der Waals surface area contributed by atoms with Gasteiger partial charge in [-0.25, -0.2) is 13.1 Å². The number of sulfonamides is 1. The number of hydrogen-bond acceptors (Lipinski definition) is 2. The molecule has 0 fully saturated rings. The number of fused-ring (bicyclic) bond motifs is 1. The maximum absolute atomic E-state index is 12.4. The lowest BCUT2D eigenvalue weighted by atomic mass is 9.85. The molecule has 0 saturated heterocycles. The van der Waals surface area contributed by atoms with Crippen molar-refractivity contribution in [3.8, 4) is 0 Å². The number of H-pyrrole nitrogens is 1. The minimum atomic E-state index is -3.35. The molecule has 0 unspecified atom stereocenters. The Morgan fingerprint density at radius 2 is 1.85 bits per heavy atom. The number of aromatic amines is 1. The molecule has 0 bridgehead atoms. The average molecular weight is 391 g/mol. The van der Waals surface area contributed by atoms with Gasteiger partial charge >= 0.3 is 0 Å². The predicted molar refractivity (Wildman–Crippen MR) is 108 cm³/mol. The van der Waals surface area contributed by atoms with E-state index in [0.717, 1.165) is 22.0 Å². The fraction of sp³-hybridized carbons (Fsp3) is 0.300. The van der Waals surface area contributed by atoms with Crippen LogP contribution in [0, 0.1) is 0 Å². The summed E-state index contributed by atoms with van der Waals surface area (Å²) in [5, 5.41) is 1.73. The molecule has 4 nitrogen and oxygen atoms in total. The van der Waals surface area contributed by atoms with Crippen molar-refractivity contribution < 1.29 is 8.42 Å². The van der Waals surface area contributed by atoms with Crippen molar-refractivity contribution in [3.05, 3.63) is 70.9 Å². The summed E-state index contributed by atoms with van der Waals surface area (Å²) in [6.07, 6.45) is 2.43. The summed E-state index contributed by atoms with van der Waals surface area (Å²) in [4.78, 5) is 3.22. The van der Waals surface area contributed by atoms with Gasteiger partial charge in [0, 0.05) is 34.1 Å². The predicted octanol–water partition coefficient (Wildman–Crippen LogP) is 4.26. The molecular formula is C20H23ClN2O2S. The van der Waals surface area contributed by atoms with Crippen LogP contribution < -0.4 is 4.72 Å². The van der Waals surface area contributed by atoms with Crippen molar-refractivity contribution >= 4 is 32.5 Å². The van der Waals surface area contributed by atoms with Crippen molar-refractivity contribution in [2.24, 2.45) is 0 Å². The molecule has 138 valence electrons. The minimum Gasteiger partial charge on any atom is -0.361 e. The van der Waals surface area contributed by atoms with Gasteiger partial charge in [0.25, 0.3) is 0 Å². The monoisotopic (exact) mass is 390 g/mol. The van der Waals surface area contributed by atoms with E-state index in [2.05, 4.69) is 9.71 Å². The molecule has 3 rings (SSSR count). The van der Waals surface area contributed by atoms with E-state index in [-0.39, 0.29) is 11.2 Å². The van der Waals surface area contributed by atoms with Crippen molar-refractivity contribution in [3.63, 3.8) is 0 Å². The highest BCUT2D eigenvalue weighted by atomic mass is 35.5. The highest BCUT2D eigenvalue weighted by Crippen LogP contribution is 2.31. The van der Waals surface area contributed by atoms with Crippen molar-refractivity contribution in [1.29, 1.82) is 0 Å². The Kier molecular flexibility index (Phi) is 5.42. The normalized spacial score (nSPS) is 12.6. The zero-order chi connectivity index (χ0) is 18.8. The number of nitrogens with one attached hydrogen (secondary N) is 2. The fourth-order valence-corrected chi connectivity index (χ4v) is 4.41. The Labute approximate surface area is 159 Å². The Morgan fingerprint density at radius 3 is 2.58 bits per heavy atom. The van der Waals surface area contributed by atoms with E-state index in [1.165, 1.54) is 0 Å². The quantitative estimate of drug-likeness (QED) is 0.633. The third-order valence-electron chi connectivity index (χ3n) is 4.61. The first-order chi connectivity index (χ1) is 12.3. The second-order valence-corrected chi connectivity index (χ2v) is 9.51. The summed E-state index contributed by atoms with van der Waals surface area (Å²) in [5.41, 5.74) is 2.68. The Hall–Kier alpha value is -1.82. The number of halogens is 1. The molecule has 0 atom stereocenters. The summed E-state index contributed by atoms with van der Waals surface area (Å²) < 4.78 is 27.6. The molecule has 0 radical (unpaired) electrons. The van der Waals surface area contributed by atoms with E-state index in [9.17, 15) is 8.42 Å². The molecule has 0 saturated carbocycles. The number of rotatable bonds is 7. The van der Waals surface area contributed by atoms with Gasteiger partial charge in [-0.05, 0) is 29.7 Å². The Bertz CT molecular complexity index is 995. The lowest BCUT2D eigenvalue weighted by Crippen LogP contribution is -2.38. The van der Waals surface area contributed by atoms with Gasteiger partial charge < -0.3 is 4.98 Å². The molecule has 0 aliphatic rings. The van der Waals surface area contributed by atoms with E-state index in [1.54, 1.807) is 0 Å². The molecule has 2 N–H and O–H groups in total. The number of benzene rings is 2. The van der Waals surface area contributed by atoms with Crippen LogP contribution >= 0.6 is 11.6 Å². The van der Waals surface area contributed by atoms with Gasteiger partial charge in [0.1, 0.15) is 0 Å². The first kappa shape index (κ1) is 19.0. The minimum absolute atomic E-state index is 0.0799. The summed E-state index contributed by atoms with van der Waals surface area (Å²) in [6, 6.07) is 15.3. The van der Waals surface area contributed by atoms with E-state index in [4.69, 9.17) is 11.6 Å². The van der Waals surface area contributed by atoms with Crippen LogP contribution in [0.3, 0.4) is 0 Å². The smallest absolute Gasteiger partial charge is 0.211 e. The molecule has 3 aromatic rings. The molecule has 0 amide bonds. The van der Waals surface area contributed by atoms with E-state index in [1.807, 2.05) is 68.6 Å². The van der Waals surface area contributed by atoms with Crippen LogP contribution in [0.5, 0.6) is 0 Å². The highest BCUT2D eigenvalue weighted by molar-refractivity contribution is 7.89. The maximum atomic E-state index is 12.4. The summed E-state index contributed by atoms with van der Waals surface area (Å²) in [5.74, 6) is 0.0799. The summed E-state index contributed by atoms with van der Waals surface area (Å²) >= 11 is 6.04. The van der Waals surface area contributed by atoms with Gasteiger partial charge in [-0.1, -0.05) is 61.8 Å². The number of aromatic nitrogens is 1. The standard InChI is InChI=1S/C20H23ClN2O2S/c1-20(2,18-13-22-19-12-16(21)8-9-17(18)19)14-23-26(24,25)11-10-15-6-4-3-5-7-15/h3-9,12-13,22-23H,10-11,14H2,1-2H3. The van der Waals surface area contributed by atoms with Crippen LogP contribution in [-0.4, -0.2) is 25.7 Å². The lowest BCUT2D eigenvalue weighted by molar-refractivity contribution is 0.504. The zero-order valence-corrected chi connectivity index (χ0v) is 16.5. The Morgan fingerprint density at radius 1 is 1.12 bits per heavy atom. The molecule has 2 aromatic carbocycles. The van der Waals surface area contributed by atoms with Crippen molar-refractivity contribution in [2.75, 3.05) is 12.3 Å². The average Bonchev–Trinajstić information content (AvgIpc) is 3.03. The van der Waals surface area contributed by atoms with Crippen LogP contribution in [0.2, 0.25) is 5.02 Å². The van der Waals surface area contributed by atoms with Gasteiger partial charge in [-0.15, -0.1) is 0 Å². The van der Waals surface area contributed by atoms with Gasteiger partial charge in [0.15, 0.2) is 0 Å². The van der Waals surface area contributed by atoms with Crippen LogP contribution in [0.1, 0.15) is 25.0 Å². The van der Waals surface area contributed by atoms with Gasteiger partial charge in [0.2, 0.25) is 10.0 Å². The maximum Gasteiger partial charge on any atom is 0.211 e.